The van der Waals surface area contributed by atoms with Gasteiger partial charge in [-0.05, 0) is 43.9 Å². The lowest BCUT2D eigenvalue weighted by molar-refractivity contribution is 0.110. The Morgan fingerprint density at radius 3 is 2.88 bits per heavy atom. The third-order valence-electron chi connectivity index (χ3n) is 4.51. The summed E-state index contributed by atoms with van der Waals surface area (Å²) in [7, 11) is 0. The molecule has 3 N–H and O–H groups in total. The van der Waals surface area contributed by atoms with E-state index in [4.69, 9.17) is 17.3 Å². The number of aromatic nitrogens is 3. The Kier molecular flexibility index (Phi) is 3.87. The third-order valence-corrected chi connectivity index (χ3v) is 4.81. The molecule has 1 fully saturated rings. The van der Waals surface area contributed by atoms with Crippen LogP contribution in [-0.2, 0) is 0 Å². The number of rotatable bonds is 1. The first-order valence-electron chi connectivity index (χ1n) is 8.19. The minimum absolute atomic E-state index is 0.197. The van der Waals surface area contributed by atoms with E-state index in [1.165, 1.54) is 0 Å². The van der Waals surface area contributed by atoms with Gasteiger partial charge in [-0.1, -0.05) is 29.5 Å². The summed E-state index contributed by atoms with van der Waals surface area (Å²) in [6, 6.07) is 7.73. The van der Waals surface area contributed by atoms with Crippen LogP contribution in [0.2, 0.25) is 5.02 Å². The molecule has 126 valence electrons. The van der Waals surface area contributed by atoms with Crippen LogP contribution in [0.3, 0.4) is 0 Å². The summed E-state index contributed by atoms with van der Waals surface area (Å²) in [5.41, 5.74) is 7.22. The molecule has 1 aromatic carbocycles. The lowest BCUT2D eigenvalue weighted by atomic mass is 10.0. The van der Waals surface area contributed by atoms with Crippen LogP contribution in [0.25, 0.3) is 16.7 Å². The first-order valence-corrected chi connectivity index (χ1v) is 8.57. The summed E-state index contributed by atoms with van der Waals surface area (Å²) in [6.45, 7) is 0. The minimum atomic E-state index is -0.846. The second kappa shape index (κ2) is 6.07. The van der Waals surface area contributed by atoms with Gasteiger partial charge in [0.05, 0.1) is 10.4 Å². The molecule has 0 saturated heterocycles. The molecule has 0 aliphatic heterocycles. The van der Waals surface area contributed by atoms with Gasteiger partial charge in [-0.2, -0.15) is 4.98 Å². The Morgan fingerprint density at radius 1 is 1.28 bits per heavy atom. The minimum Gasteiger partial charge on any atom is -0.378 e. The number of hydrogen-bond donors (Lipinski definition) is 2. The van der Waals surface area contributed by atoms with Gasteiger partial charge in [0.25, 0.3) is 0 Å². The van der Waals surface area contributed by atoms with Crippen LogP contribution < -0.4 is 5.73 Å². The summed E-state index contributed by atoms with van der Waals surface area (Å²) in [4.78, 5) is 8.28. The van der Waals surface area contributed by atoms with Crippen LogP contribution in [-0.4, -0.2) is 25.2 Å². The zero-order valence-electron chi connectivity index (χ0n) is 13.5. The lowest BCUT2D eigenvalue weighted by Gasteiger charge is -2.12. The normalized spacial score (nSPS) is 15.9. The number of aliphatic hydroxyl groups is 1. The maximum absolute atomic E-state index is 10.4. The van der Waals surface area contributed by atoms with E-state index < -0.39 is 5.60 Å². The molecule has 4 rings (SSSR count). The van der Waals surface area contributed by atoms with Crippen LogP contribution in [0.15, 0.2) is 36.7 Å². The van der Waals surface area contributed by atoms with E-state index in [-0.39, 0.29) is 5.95 Å². The van der Waals surface area contributed by atoms with Crippen molar-refractivity contribution >= 4 is 28.6 Å². The summed E-state index contributed by atoms with van der Waals surface area (Å²) in [5.74, 6) is 6.33. The molecule has 3 aromatic rings. The first kappa shape index (κ1) is 15.9. The Morgan fingerprint density at radius 2 is 2.08 bits per heavy atom. The largest absolute Gasteiger partial charge is 0.378 e. The quantitative estimate of drug-likeness (QED) is 0.659. The number of nitrogens with zero attached hydrogens (tertiary/aromatic N) is 3. The Bertz CT molecular complexity index is 1010. The highest BCUT2D eigenvalue weighted by Gasteiger charge is 2.28. The molecule has 1 aliphatic rings. The monoisotopic (exact) mass is 352 g/mol. The third kappa shape index (κ3) is 3.07. The SMILES string of the molecule is Nc1ncc2c(Cl)cn(-c3cccc(C#CC4(O)CCCC4)c3)c2n1. The molecule has 0 spiro atoms. The van der Waals surface area contributed by atoms with Crippen molar-refractivity contribution in [1.29, 1.82) is 0 Å². The van der Waals surface area contributed by atoms with Gasteiger partial charge in [0, 0.05) is 23.6 Å². The first-order chi connectivity index (χ1) is 12.0. The van der Waals surface area contributed by atoms with Crippen molar-refractivity contribution in [1.82, 2.24) is 14.5 Å². The van der Waals surface area contributed by atoms with Crippen LogP contribution in [0.5, 0.6) is 0 Å². The molecule has 0 amide bonds. The number of hydrogen-bond acceptors (Lipinski definition) is 4. The van der Waals surface area contributed by atoms with E-state index in [2.05, 4.69) is 21.8 Å². The Balaban J connectivity index is 1.75. The van der Waals surface area contributed by atoms with Gasteiger partial charge in [-0.25, -0.2) is 4.98 Å². The van der Waals surface area contributed by atoms with E-state index in [1.807, 2.05) is 28.8 Å². The smallest absolute Gasteiger partial charge is 0.221 e. The van der Waals surface area contributed by atoms with Crippen molar-refractivity contribution in [2.24, 2.45) is 0 Å². The van der Waals surface area contributed by atoms with Crippen LogP contribution in [0.1, 0.15) is 31.2 Å². The van der Waals surface area contributed by atoms with E-state index in [0.717, 1.165) is 42.3 Å². The summed E-state index contributed by atoms with van der Waals surface area (Å²) < 4.78 is 1.87. The number of benzene rings is 1. The Labute approximate surface area is 150 Å². The summed E-state index contributed by atoms with van der Waals surface area (Å²) in [6.07, 6.45) is 6.95. The van der Waals surface area contributed by atoms with Crippen LogP contribution >= 0.6 is 11.6 Å². The standard InChI is InChI=1S/C19H17ClN4O/c20-16-12-24(17-15(16)11-22-18(21)23-17)14-5-3-4-13(10-14)6-9-19(25)7-1-2-8-19/h3-5,10-12,25H,1-2,7-8H2,(H2,21,22,23). The van der Waals surface area contributed by atoms with E-state index >= 15 is 0 Å². The topological polar surface area (TPSA) is 77.0 Å². The fraction of sp³-hybridized carbons (Fsp3) is 0.263. The molecular weight excluding hydrogens is 336 g/mol. The second-order valence-electron chi connectivity index (χ2n) is 6.35. The molecule has 1 saturated carbocycles. The molecule has 6 heteroatoms. The van der Waals surface area contributed by atoms with E-state index in [9.17, 15) is 5.11 Å². The van der Waals surface area contributed by atoms with Crippen molar-refractivity contribution in [3.8, 4) is 17.5 Å². The highest BCUT2D eigenvalue weighted by molar-refractivity contribution is 6.35. The van der Waals surface area contributed by atoms with Gasteiger partial charge in [0.15, 0.2) is 5.65 Å². The van der Waals surface area contributed by atoms with Gasteiger partial charge >= 0.3 is 0 Å². The highest BCUT2D eigenvalue weighted by Crippen LogP contribution is 2.29. The highest BCUT2D eigenvalue weighted by atomic mass is 35.5. The van der Waals surface area contributed by atoms with Gasteiger partial charge in [-0.15, -0.1) is 0 Å². The van der Waals surface area contributed by atoms with Crippen molar-refractivity contribution in [3.05, 3.63) is 47.2 Å². The summed E-state index contributed by atoms with van der Waals surface area (Å²) >= 11 is 6.28. The van der Waals surface area contributed by atoms with E-state index in [0.29, 0.717) is 10.7 Å². The van der Waals surface area contributed by atoms with Crippen LogP contribution in [0.4, 0.5) is 5.95 Å². The average molecular weight is 353 g/mol. The molecule has 0 radical (unpaired) electrons. The number of nitrogen functional groups attached to an aromatic ring is 1. The van der Waals surface area contributed by atoms with Crippen molar-refractivity contribution in [3.63, 3.8) is 0 Å². The molecule has 1 aliphatic carbocycles. The zero-order chi connectivity index (χ0) is 17.4. The molecular formula is C19H17ClN4O. The number of anilines is 1. The second-order valence-corrected chi connectivity index (χ2v) is 6.76. The van der Waals surface area contributed by atoms with Crippen molar-refractivity contribution in [2.45, 2.75) is 31.3 Å². The average Bonchev–Trinajstić information content (AvgIpc) is 3.18. The maximum Gasteiger partial charge on any atom is 0.221 e. The molecule has 0 unspecified atom stereocenters. The summed E-state index contributed by atoms with van der Waals surface area (Å²) in [5, 5.41) is 11.7. The van der Waals surface area contributed by atoms with Gasteiger partial charge < -0.3 is 10.8 Å². The Hall–Kier alpha value is -2.55. The molecule has 2 aromatic heterocycles. The van der Waals surface area contributed by atoms with Gasteiger partial charge in [-0.3, -0.25) is 4.57 Å². The van der Waals surface area contributed by atoms with E-state index in [1.54, 1.807) is 12.4 Å². The number of halogens is 1. The van der Waals surface area contributed by atoms with Crippen molar-refractivity contribution < 1.29 is 5.11 Å². The maximum atomic E-state index is 10.4. The lowest BCUT2D eigenvalue weighted by Crippen LogP contribution is -2.20. The molecule has 0 bridgehead atoms. The van der Waals surface area contributed by atoms with Gasteiger partial charge in [0.1, 0.15) is 5.60 Å². The molecule has 2 heterocycles. The number of fused-ring (bicyclic) bond motifs is 1. The fourth-order valence-electron chi connectivity index (χ4n) is 3.19. The number of nitrogens with two attached hydrogens (primary N) is 1. The predicted molar refractivity (Wildman–Crippen MR) is 98.6 cm³/mol. The zero-order valence-corrected chi connectivity index (χ0v) is 14.3. The molecule has 25 heavy (non-hydrogen) atoms. The van der Waals surface area contributed by atoms with Crippen molar-refractivity contribution in [2.75, 3.05) is 5.73 Å². The van der Waals surface area contributed by atoms with Crippen LogP contribution in [0, 0.1) is 11.8 Å². The molecule has 0 atom stereocenters. The molecule has 5 nitrogen and oxygen atoms in total. The predicted octanol–water partition coefficient (Wildman–Crippen LogP) is 3.31. The fourth-order valence-corrected chi connectivity index (χ4v) is 3.42. The van der Waals surface area contributed by atoms with Gasteiger partial charge in [0.2, 0.25) is 5.95 Å².